The highest BCUT2D eigenvalue weighted by molar-refractivity contribution is 5.91. The second-order valence-electron chi connectivity index (χ2n) is 6.93. The first-order valence-corrected chi connectivity index (χ1v) is 9.55. The summed E-state index contributed by atoms with van der Waals surface area (Å²) in [4.78, 5) is 12.6. The van der Waals surface area contributed by atoms with E-state index in [9.17, 15) is 4.79 Å². The molecule has 0 atom stereocenters. The lowest BCUT2D eigenvalue weighted by molar-refractivity contribution is -0.116. The number of ether oxygens (including phenoxy) is 1. The Kier molecular flexibility index (Phi) is 5.34. The van der Waals surface area contributed by atoms with Crippen LogP contribution < -0.4 is 10.1 Å². The van der Waals surface area contributed by atoms with Crippen LogP contribution in [0.4, 0.5) is 5.69 Å². The molecule has 4 aromatic rings. The molecule has 0 bridgehead atoms. The monoisotopic (exact) mass is 402 g/mol. The summed E-state index contributed by atoms with van der Waals surface area (Å²) >= 11 is 0. The van der Waals surface area contributed by atoms with Crippen LogP contribution in [0.15, 0.2) is 65.1 Å². The fourth-order valence-corrected chi connectivity index (χ4v) is 3.34. The number of aromatic nitrogens is 3. The lowest BCUT2D eigenvalue weighted by atomic mass is 10.2. The number of aryl methyl sites for hydroxylation is 1. The number of hydrogen-bond acceptors (Lipinski definition) is 5. The molecule has 0 aliphatic heterocycles. The molecule has 0 spiro atoms. The molecule has 0 fully saturated rings. The summed E-state index contributed by atoms with van der Waals surface area (Å²) in [6.45, 7) is 4.06. The summed E-state index contributed by atoms with van der Waals surface area (Å²) < 4.78 is 13.0. The van der Waals surface area contributed by atoms with E-state index in [0.29, 0.717) is 23.2 Å². The highest BCUT2D eigenvalue weighted by atomic mass is 16.5. The summed E-state index contributed by atoms with van der Waals surface area (Å²) in [7, 11) is 1.59. The molecule has 2 aromatic heterocycles. The van der Waals surface area contributed by atoms with E-state index in [2.05, 4.69) is 15.5 Å². The van der Waals surface area contributed by atoms with E-state index in [-0.39, 0.29) is 12.5 Å². The van der Waals surface area contributed by atoms with Crippen LogP contribution >= 0.6 is 0 Å². The SMILES string of the molecule is COc1cccc(NC(=O)Cn2c(C)cc(-c3nnc(-c4ccccc4)o3)c2C)c1. The number of carbonyl (C=O) groups excluding carboxylic acids is 1. The Balaban J connectivity index is 1.54. The zero-order valence-electron chi connectivity index (χ0n) is 17.0. The van der Waals surface area contributed by atoms with Gasteiger partial charge in [0.15, 0.2) is 0 Å². The zero-order valence-corrected chi connectivity index (χ0v) is 17.0. The second-order valence-corrected chi connectivity index (χ2v) is 6.93. The van der Waals surface area contributed by atoms with Crippen LogP contribution in [-0.2, 0) is 11.3 Å². The van der Waals surface area contributed by atoms with Crippen molar-refractivity contribution >= 4 is 11.6 Å². The van der Waals surface area contributed by atoms with Gasteiger partial charge < -0.3 is 19.0 Å². The first-order valence-electron chi connectivity index (χ1n) is 9.55. The van der Waals surface area contributed by atoms with Gasteiger partial charge in [-0.1, -0.05) is 24.3 Å². The number of nitrogens with one attached hydrogen (secondary N) is 1. The number of methoxy groups -OCH3 is 1. The summed E-state index contributed by atoms with van der Waals surface area (Å²) in [6, 6.07) is 18.8. The number of anilines is 1. The lowest BCUT2D eigenvalue weighted by Crippen LogP contribution is -2.20. The number of rotatable bonds is 6. The Bertz CT molecular complexity index is 1180. The minimum atomic E-state index is -0.132. The van der Waals surface area contributed by atoms with Gasteiger partial charge in [0.05, 0.1) is 12.7 Å². The largest absolute Gasteiger partial charge is 0.497 e. The maximum atomic E-state index is 12.6. The minimum Gasteiger partial charge on any atom is -0.497 e. The average molecular weight is 402 g/mol. The highest BCUT2D eigenvalue weighted by Gasteiger charge is 2.18. The Labute approximate surface area is 174 Å². The normalized spacial score (nSPS) is 10.8. The Morgan fingerprint density at radius 1 is 1.03 bits per heavy atom. The van der Waals surface area contributed by atoms with E-state index in [4.69, 9.17) is 9.15 Å². The molecular formula is C23H22N4O3. The third-order valence-corrected chi connectivity index (χ3v) is 4.91. The Morgan fingerprint density at radius 2 is 1.80 bits per heavy atom. The number of hydrogen-bond donors (Lipinski definition) is 1. The molecule has 152 valence electrons. The molecular weight excluding hydrogens is 380 g/mol. The molecule has 7 nitrogen and oxygen atoms in total. The number of nitrogens with zero attached hydrogens (tertiary/aromatic N) is 3. The van der Waals surface area contributed by atoms with Gasteiger partial charge in [-0.2, -0.15) is 0 Å². The fraction of sp³-hybridized carbons (Fsp3) is 0.174. The van der Waals surface area contributed by atoms with Crippen LogP contribution in [0.2, 0.25) is 0 Å². The van der Waals surface area contributed by atoms with Gasteiger partial charge in [0.2, 0.25) is 17.7 Å². The minimum absolute atomic E-state index is 0.132. The first-order chi connectivity index (χ1) is 14.5. The van der Waals surface area contributed by atoms with Crippen molar-refractivity contribution in [2.24, 2.45) is 0 Å². The Hall–Kier alpha value is -3.87. The first kappa shape index (κ1) is 19.4. The lowest BCUT2D eigenvalue weighted by Gasteiger charge is -2.11. The molecule has 0 saturated carbocycles. The van der Waals surface area contributed by atoms with Crippen molar-refractivity contribution in [2.45, 2.75) is 20.4 Å². The van der Waals surface area contributed by atoms with Crippen molar-refractivity contribution in [3.05, 3.63) is 72.1 Å². The number of benzene rings is 2. The van der Waals surface area contributed by atoms with Crippen LogP contribution in [0.25, 0.3) is 22.9 Å². The van der Waals surface area contributed by atoms with Crippen LogP contribution in [0.1, 0.15) is 11.4 Å². The molecule has 7 heteroatoms. The van der Waals surface area contributed by atoms with Crippen molar-refractivity contribution in [3.8, 4) is 28.7 Å². The summed E-state index contributed by atoms with van der Waals surface area (Å²) in [6.07, 6.45) is 0. The van der Waals surface area contributed by atoms with Crippen molar-refractivity contribution in [1.29, 1.82) is 0 Å². The van der Waals surface area contributed by atoms with Crippen LogP contribution in [0, 0.1) is 13.8 Å². The molecule has 2 aromatic carbocycles. The molecule has 2 heterocycles. The number of carbonyl (C=O) groups is 1. The van der Waals surface area contributed by atoms with Gasteiger partial charge in [-0.15, -0.1) is 10.2 Å². The van der Waals surface area contributed by atoms with Crippen LogP contribution in [0.5, 0.6) is 5.75 Å². The summed E-state index contributed by atoms with van der Waals surface area (Å²) in [5.74, 6) is 1.45. The standard InChI is InChI=1S/C23H22N4O3/c1-15-12-20(23-26-25-22(30-23)17-8-5-4-6-9-17)16(2)27(15)14-21(28)24-18-10-7-11-19(13-18)29-3/h4-13H,14H2,1-3H3,(H,24,28). The van der Waals surface area contributed by atoms with E-state index in [1.54, 1.807) is 13.2 Å². The molecule has 0 aliphatic carbocycles. The van der Waals surface area contributed by atoms with Crippen molar-refractivity contribution < 1.29 is 13.9 Å². The van der Waals surface area contributed by atoms with Gasteiger partial charge >= 0.3 is 0 Å². The Morgan fingerprint density at radius 3 is 2.57 bits per heavy atom. The summed E-state index contributed by atoms with van der Waals surface area (Å²) in [5, 5.41) is 11.3. The van der Waals surface area contributed by atoms with E-state index in [1.807, 2.05) is 73.0 Å². The molecule has 1 N–H and O–H groups in total. The van der Waals surface area contributed by atoms with Gasteiger partial charge in [0.1, 0.15) is 12.3 Å². The van der Waals surface area contributed by atoms with Gasteiger partial charge in [-0.25, -0.2) is 0 Å². The fourth-order valence-electron chi connectivity index (χ4n) is 3.34. The maximum absolute atomic E-state index is 12.6. The maximum Gasteiger partial charge on any atom is 0.249 e. The molecule has 0 saturated heterocycles. The average Bonchev–Trinajstić information content (AvgIpc) is 3.35. The van der Waals surface area contributed by atoms with Gasteiger partial charge in [0.25, 0.3) is 0 Å². The summed E-state index contributed by atoms with van der Waals surface area (Å²) in [5.41, 5.74) is 4.19. The molecule has 4 rings (SSSR count). The number of amides is 1. The van der Waals surface area contributed by atoms with Crippen molar-refractivity contribution in [1.82, 2.24) is 14.8 Å². The van der Waals surface area contributed by atoms with E-state index in [0.717, 1.165) is 22.5 Å². The van der Waals surface area contributed by atoms with Crippen LogP contribution in [0.3, 0.4) is 0 Å². The molecule has 1 amide bonds. The molecule has 0 radical (unpaired) electrons. The third-order valence-electron chi connectivity index (χ3n) is 4.91. The smallest absolute Gasteiger partial charge is 0.249 e. The van der Waals surface area contributed by atoms with Crippen molar-refractivity contribution in [3.63, 3.8) is 0 Å². The topological polar surface area (TPSA) is 82.2 Å². The molecule has 0 aliphatic rings. The van der Waals surface area contributed by atoms with E-state index < -0.39 is 0 Å². The van der Waals surface area contributed by atoms with E-state index >= 15 is 0 Å². The molecule has 0 unspecified atom stereocenters. The molecule has 30 heavy (non-hydrogen) atoms. The predicted molar refractivity (Wildman–Crippen MR) is 114 cm³/mol. The van der Waals surface area contributed by atoms with E-state index in [1.165, 1.54) is 0 Å². The van der Waals surface area contributed by atoms with Gasteiger partial charge in [-0.3, -0.25) is 4.79 Å². The van der Waals surface area contributed by atoms with Crippen LogP contribution in [-0.4, -0.2) is 27.8 Å². The van der Waals surface area contributed by atoms with Gasteiger partial charge in [0, 0.05) is 28.7 Å². The third kappa shape index (κ3) is 3.96. The zero-order chi connectivity index (χ0) is 21.1. The second kappa shape index (κ2) is 8.24. The predicted octanol–water partition coefficient (Wildman–Crippen LogP) is 4.47. The quantitative estimate of drug-likeness (QED) is 0.515. The van der Waals surface area contributed by atoms with Gasteiger partial charge in [-0.05, 0) is 44.2 Å². The highest BCUT2D eigenvalue weighted by Crippen LogP contribution is 2.28. The van der Waals surface area contributed by atoms with Crippen molar-refractivity contribution in [2.75, 3.05) is 12.4 Å².